The van der Waals surface area contributed by atoms with Crippen LogP contribution < -0.4 is 11.1 Å². The molecule has 0 unspecified atom stereocenters. The molecule has 17 heavy (non-hydrogen) atoms. The molecule has 1 heterocycles. The van der Waals surface area contributed by atoms with Crippen molar-refractivity contribution in [3.8, 4) is 0 Å². The molecule has 0 amide bonds. The number of halogens is 1. The number of hydrogen-bond donors (Lipinski definition) is 2. The molecule has 0 aliphatic heterocycles. The van der Waals surface area contributed by atoms with Gasteiger partial charge in [0.1, 0.15) is 0 Å². The summed E-state index contributed by atoms with van der Waals surface area (Å²) < 4.78 is 0. The maximum atomic E-state index is 5.57. The molecule has 0 bridgehead atoms. The Morgan fingerprint density at radius 2 is 2.06 bits per heavy atom. The molecule has 0 radical (unpaired) electrons. The van der Waals surface area contributed by atoms with E-state index in [4.69, 9.17) is 5.73 Å². The number of aryl methyl sites for hydroxylation is 1. The molecule has 0 fully saturated rings. The van der Waals surface area contributed by atoms with E-state index in [-0.39, 0.29) is 12.4 Å². The third-order valence-electron chi connectivity index (χ3n) is 2.45. The lowest BCUT2D eigenvalue weighted by Crippen LogP contribution is -2.12. The van der Waals surface area contributed by atoms with Crippen LogP contribution in [0.5, 0.6) is 0 Å². The number of nitrogens with two attached hydrogens (primary N) is 1. The molecule has 3 N–H and O–H groups in total. The van der Waals surface area contributed by atoms with Crippen molar-refractivity contribution in [3.05, 3.63) is 46.5 Å². The number of nitrogens with one attached hydrogen (secondary N) is 1. The lowest BCUT2D eigenvalue weighted by molar-refractivity contribution is 0.697. The van der Waals surface area contributed by atoms with Crippen LogP contribution in [-0.4, -0.2) is 4.98 Å². The maximum absolute atomic E-state index is 5.57. The van der Waals surface area contributed by atoms with Crippen LogP contribution in [0.3, 0.4) is 0 Å². The van der Waals surface area contributed by atoms with Gasteiger partial charge in [-0.15, -0.1) is 23.7 Å². The van der Waals surface area contributed by atoms with Crippen LogP contribution in [0.4, 0.5) is 5.13 Å². The molecule has 3 nitrogen and oxygen atoms in total. The fraction of sp³-hybridized carbons (Fsp3) is 0.250. The Balaban J connectivity index is 0.00000144. The van der Waals surface area contributed by atoms with Crippen molar-refractivity contribution in [1.29, 1.82) is 0 Å². The lowest BCUT2D eigenvalue weighted by Gasteiger charge is -2.06. The minimum absolute atomic E-state index is 0. The van der Waals surface area contributed by atoms with Crippen LogP contribution in [0.2, 0.25) is 0 Å². The molecule has 0 spiro atoms. The summed E-state index contributed by atoms with van der Waals surface area (Å²) in [5.41, 5.74) is 8.22. The largest absolute Gasteiger partial charge is 0.375 e. The Labute approximate surface area is 111 Å². The van der Waals surface area contributed by atoms with E-state index in [1.54, 1.807) is 0 Å². The van der Waals surface area contributed by atoms with Gasteiger partial charge in [-0.3, -0.25) is 0 Å². The topological polar surface area (TPSA) is 50.9 Å². The summed E-state index contributed by atoms with van der Waals surface area (Å²) in [6.45, 7) is 3.83. The van der Waals surface area contributed by atoms with Gasteiger partial charge in [0, 0.05) is 24.2 Å². The SMILES string of the molecule is Cc1ccccc1CNCc1cnc(N)s1.Cl. The highest BCUT2D eigenvalue weighted by Crippen LogP contribution is 2.14. The van der Waals surface area contributed by atoms with E-state index in [0.717, 1.165) is 13.1 Å². The molecule has 0 atom stereocenters. The van der Waals surface area contributed by atoms with Gasteiger partial charge in [0.25, 0.3) is 0 Å². The van der Waals surface area contributed by atoms with Crippen LogP contribution in [-0.2, 0) is 13.1 Å². The Hall–Kier alpha value is -1.10. The summed E-state index contributed by atoms with van der Waals surface area (Å²) in [6, 6.07) is 8.39. The third kappa shape index (κ3) is 4.00. The highest BCUT2D eigenvalue weighted by Gasteiger charge is 1.99. The van der Waals surface area contributed by atoms with E-state index in [1.165, 1.54) is 27.3 Å². The maximum Gasteiger partial charge on any atom is 0.180 e. The smallest absolute Gasteiger partial charge is 0.180 e. The molecule has 2 rings (SSSR count). The Morgan fingerprint density at radius 1 is 1.29 bits per heavy atom. The number of benzene rings is 1. The van der Waals surface area contributed by atoms with Crippen molar-refractivity contribution in [2.45, 2.75) is 20.0 Å². The van der Waals surface area contributed by atoms with E-state index in [1.807, 2.05) is 6.20 Å². The first kappa shape index (κ1) is 14.0. The molecule has 0 saturated heterocycles. The zero-order valence-electron chi connectivity index (χ0n) is 9.64. The number of anilines is 1. The molecule has 1 aromatic heterocycles. The summed E-state index contributed by atoms with van der Waals surface area (Å²) in [6.07, 6.45) is 1.82. The number of rotatable bonds is 4. The van der Waals surface area contributed by atoms with Crippen molar-refractivity contribution >= 4 is 28.9 Å². The number of thiazole rings is 1. The van der Waals surface area contributed by atoms with E-state index in [0.29, 0.717) is 5.13 Å². The fourth-order valence-electron chi connectivity index (χ4n) is 1.53. The van der Waals surface area contributed by atoms with Gasteiger partial charge in [-0.1, -0.05) is 24.3 Å². The van der Waals surface area contributed by atoms with E-state index in [2.05, 4.69) is 41.5 Å². The van der Waals surface area contributed by atoms with Crippen molar-refractivity contribution < 1.29 is 0 Å². The third-order valence-corrected chi connectivity index (χ3v) is 3.27. The summed E-state index contributed by atoms with van der Waals surface area (Å²) in [5, 5.41) is 4.02. The summed E-state index contributed by atoms with van der Waals surface area (Å²) in [7, 11) is 0. The van der Waals surface area contributed by atoms with E-state index >= 15 is 0 Å². The predicted molar refractivity (Wildman–Crippen MR) is 75.5 cm³/mol. The Bertz CT molecular complexity index is 470. The average Bonchev–Trinajstić information content (AvgIpc) is 2.67. The molecule has 5 heteroatoms. The minimum atomic E-state index is 0. The Kier molecular flexibility index (Phi) is 5.41. The van der Waals surface area contributed by atoms with Gasteiger partial charge >= 0.3 is 0 Å². The zero-order chi connectivity index (χ0) is 11.4. The quantitative estimate of drug-likeness (QED) is 0.897. The average molecular weight is 270 g/mol. The summed E-state index contributed by atoms with van der Waals surface area (Å²) >= 11 is 1.53. The molecule has 0 saturated carbocycles. The highest BCUT2D eigenvalue weighted by molar-refractivity contribution is 7.15. The van der Waals surface area contributed by atoms with Crippen molar-refractivity contribution in [2.24, 2.45) is 0 Å². The van der Waals surface area contributed by atoms with Crippen LogP contribution in [0, 0.1) is 6.92 Å². The first-order valence-corrected chi connectivity index (χ1v) is 6.03. The van der Waals surface area contributed by atoms with Crippen LogP contribution in [0.1, 0.15) is 16.0 Å². The molecule has 0 aliphatic carbocycles. The number of aromatic nitrogens is 1. The Morgan fingerprint density at radius 3 is 2.71 bits per heavy atom. The number of nitrogen functional groups attached to an aromatic ring is 1. The van der Waals surface area contributed by atoms with E-state index in [9.17, 15) is 0 Å². The lowest BCUT2D eigenvalue weighted by atomic mass is 10.1. The highest BCUT2D eigenvalue weighted by atomic mass is 35.5. The van der Waals surface area contributed by atoms with Crippen molar-refractivity contribution in [3.63, 3.8) is 0 Å². The van der Waals surface area contributed by atoms with Gasteiger partial charge in [0.15, 0.2) is 5.13 Å². The van der Waals surface area contributed by atoms with Crippen molar-refractivity contribution in [2.75, 3.05) is 5.73 Å². The van der Waals surface area contributed by atoms with Gasteiger partial charge in [-0.05, 0) is 18.1 Å². The van der Waals surface area contributed by atoms with E-state index < -0.39 is 0 Å². The van der Waals surface area contributed by atoms with Crippen molar-refractivity contribution in [1.82, 2.24) is 10.3 Å². The minimum Gasteiger partial charge on any atom is -0.375 e. The van der Waals surface area contributed by atoms with Crippen LogP contribution in [0.25, 0.3) is 0 Å². The number of nitrogens with zero attached hydrogens (tertiary/aromatic N) is 1. The van der Waals surface area contributed by atoms with Gasteiger partial charge in [-0.25, -0.2) is 4.98 Å². The zero-order valence-corrected chi connectivity index (χ0v) is 11.3. The van der Waals surface area contributed by atoms with Gasteiger partial charge in [-0.2, -0.15) is 0 Å². The monoisotopic (exact) mass is 269 g/mol. The standard InChI is InChI=1S/C12H15N3S.ClH/c1-9-4-2-3-5-10(9)6-14-7-11-8-15-12(13)16-11;/h2-5,8,14H,6-7H2,1H3,(H2,13,15);1H. The van der Waals surface area contributed by atoms with Gasteiger partial charge in [0.2, 0.25) is 0 Å². The molecular weight excluding hydrogens is 254 g/mol. The molecule has 0 aliphatic rings. The second-order valence-corrected chi connectivity index (χ2v) is 4.84. The molecule has 2 aromatic rings. The van der Waals surface area contributed by atoms with Gasteiger partial charge in [0.05, 0.1) is 0 Å². The second kappa shape index (κ2) is 6.59. The van der Waals surface area contributed by atoms with Gasteiger partial charge < -0.3 is 11.1 Å². The summed E-state index contributed by atoms with van der Waals surface area (Å²) in [4.78, 5) is 5.19. The number of hydrogen-bond acceptors (Lipinski definition) is 4. The summed E-state index contributed by atoms with van der Waals surface area (Å²) in [5.74, 6) is 0. The van der Waals surface area contributed by atoms with Crippen LogP contribution in [0.15, 0.2) is 30.5 Å². The fourth-order valence-corrected chi connectivity index (χ4v) is 2.19. The second-order valence-electron chi connectivity index (χ2n) is 3.69. The molecule has 92 valence electrons. The predicted octanol–water partition coefficient (Wildman–Crippen LogP) is 2.75. The normalized spacial score (nSPS) is 9.94. The first-order chi connectivity index (χ1) is 7.75. The first-order valence-electron chi connectivity index (χ1n) is 5.21. The molecular formula is C12H16ClN3S. The molecule has 1 aromatic carbocycles. The van der Waals surface area contributed by atoms with Crippen LogP contribution >= 0.6 is 23.7 Å².